The van der Waals surface area contributed by atoms with Crippen LogP contribution in [0.2, 0.25) is 0 Å². The standard InChI is InChI=1S/C16H16N6O/c1-12(13-3-2-8-17-11-13)19-16(23)20-14-4-6-15(7-5-14)22-10-9-18-21-22/h2-12H,1H3,(H2,19,20,23)/t12-/m1/s1. The topological polar surface area (TPSA) is 84.7 Å². The second kappa shape index (κ2) is 6.69. The second-order valence-corrected chi connectivity index (χ2v) is 5.00. The molecule has 23 heavy (non-hydrogen) atoms. The maximum Gasteiger partial charge on any atom is 0.319 e. The lowest BCUT2D eigenvalue weighted by Gasteiger charge is -2.14. The van der Waals surface area contributed by atoms with Gasteiger partial charge in [-0.25, -0.2) is 9.48 Å². The Balaban J connectivity index is 1.60. The lowest BCUT2D eigenvalue weighted by Crippen LogP contribution is -2.31. The number of pyridine rings is 1. The second-order valence-electron chi connectivity index (χ2n) is 5.00. The van der Waals surface area contributed by atoms with E-state index in [1.807, 2.05) is 43.3 Å². The number of aromatic nitrogens is 4. The molecule has 0 aliphatic carbocycles. The number of amides is 2. The first-order valence-corrected chi connectivity index (χ1v) is 7.16. The molecule has 0 unspecified atom stereocenters. The van der Waals surface area contributed by atoms with Gasteiger partial charge in [0.1, 0.15) is 0 Å². The predicted molar refractivity (Wildman–Crippen MR) is 86.2 cm³/mol. The number of nitrogens with one attached hydrogen (secondary N) is 2. The molecule has 0 radical (unpaired) electrons. The van der Waals surface area contributed by atoms with Crippen molar-refractivity contribution in [1.29, 1.82) is 0 Å². The summed E-state index contributed by atoms with van der Waals surface area (Å²) in [6.07, 6.45) is 6.80. The van der Waals surface area contributed by atoms with Crippen LogP contribution in [0.25, 0.3) is 5.69 Å². The maximum atomic E-state index is 12.0. The zero-order valence-corrected chi connectivity index (χ0v) is 12.5. The minimum absolute atomic E-state index is 0.127. The molecule has 3 rings (SSSR count). The van der Waals surface area contributed by atoms with Crippen LogP contribution in [0.3, 0.4) is 0 Å². The Morgan fingerprint density at radius 1 is 1.17 bits per heavy atom. The third kappa shape index (κ3) is 3.70. The highest BCUT2D eigenvalue weighted by Crippen LogP contribution is 2.13. The van der Waals surface area contributed by atoms with Gasteiger partial charge in [0, 0.05) is 18.1 Å². The van der Waals surface area contributed by atoms with Crippen LogP contribution in [0.5, 0.6) is 0 Å². The highest BCUT2D eigenvalue weighted by Gasteiger charge is 2.09. The average Bonchev–Trinajstić information content (AvgIpc) is 3.11. The molecule has 0 saturated carbocycles. The van der Waals surface area contributed by atoms with Crippen molar-refractivity contribution < 1.29 is 4.79 Å². The molecule has 3 aromatic rings. The number of anilines is 1. The Kier molecular flexibility index (Phi) is 4.28. The van der Waals surface area contributed by atoms with E-state index < -0.39 is 0 Å². The van der Waals surface area contributed by atoms with E-state index in [4.69, 9.17) is 0 Å². The van der Waals surface area contributed by atoms with Gasteiger partial charge in [-0.1, -0.05) is 11.3 Å². The van der Waals surface area contributed by atoms with Crippen LogP contribution in [-0.2, 0) is 0 Å². The number of rotatable bonds is 4. The molecular formula is C16H16N6O. The lowest BCUT2D eigenvalue weighted by molar-refractivity contribution is 0.249. The molecule has 0 bridgehead atoms. The number of benzene rings is 1. The van der Waals surface area contributed by atoms with E-state index in [1.165, 1.54) is 0 Å². The van der Waals surface area contributed by atoms with Gasteiger partial charge >= 0.3 is 6.03 Å². The predicted octanol–water partition coefficient (Wildman–Crippen LogP) is 2.55. The number of carbonyl (C=O) groups excluding carboxylic acids is 1. The molecule has 2 aromatic heterocycles. The van der Waals surface area contributed by atoms with Crippen LogP contribution in [0, 0.1) is 0 Å². The molecule has 2 heterocycles. The fraction of sp³-hybridized carbons (Fsp3) is 0.125. The summed E-state index contributed by atoms with van der Waals surface area (Å²) in [6.45, 7) is 1.91. The molecule has 2 N–H and O–H groups in total. The van der Waals surface area contributed by atoms with Gasteiger partial charge < -0.3 is 10.6 Å². The van der Waals surface area contributed by atoms with Crippen LogP contribution in [0.4, 0.5) is 10.5 Å². The molecule has 0 spiro atoms. The highest BCUT2D eigenvalue weighted by molar-refractivity contribution is 5.89. The van der Waals surface area contributed by atoms with E-state index in [9.17, 15) is 4.79 Å². The van der Waals surface area contributed by atoms with Crippen molar-refractivity contribution >= 4 is 11.7 Å². The molecule has 0 fully saturated rings. The molecule has 1 aromatic carbocycles. The van der Waals surface area contributed by atoms with Crippen molar-refractivity contribution in [3.63, 3.8) is 0 Å². The van der Waals surface area contributed by atoms with Gasteiger partial charge in [0.05, 0.1) is 24.1 Å². The first kappa shape index (κ1) is 14.7. The van der Waals surface area contributed by atoms with E-state index in [0.29, 0.717) is 5.69 Å². The van der Waals surface area contributed by atoms with E-state index in [2.05, 4.69) is 25.9 Å². The van der Waals surface area contributed by atoms with E-state index in [1.54, 1.807) is 29.5 Å². The monoisotopic (exact) mass is 308 g/mol. The fourth-order valence-electron chi connectivity index (χ4n) is 2.12. The third-order valence-electron chi connectivity index (χ3n) is 3.34. The van der Waals surface area contributed by atoms with E-state index in [-0.39, 0.29) is 12.1 Å². The van der Waals surface area contributed by atoms with Crippen molar-refractivity contribution in [2.24, 2.45) is 0 Å². The Morgan fingerprint density at radius 2 is 2.00 bits per heavy atom. The summed E-state index contributed by atoms with van der Waals surface area (Å²) in [6, 6.07) is 10.7. The van der Waals surface area contributed by atoms with Crippen molar-refractivity contribution in [2.45, 2.75) is 13.0 Å². The first-order chi connectivity index (χ1) is 11.2. The van der Waals surface area contributed by atoms with Gasteiger partial charge in [-0.05, 0) is 42.8 Å². The summed E-state index contributed by atoms with van der Waals surface area (Å²) in [4.78, 5) is 16.1. The highest BCUT2D eigenvalue weighted by atomic mass is 16.2. The minimum Gasteiger partial charge on any atom is -0.331 e. The Hall–Kier alpha value is -3.22. The molecule has 1 atom stereocenters. The Morgan fingerprint density at radius 3 is 2.65 bits per heavy atom. The van der Waals surface area contributed by atoms with Crippen molar-refractivity contribution in [1.82, 2.24) is 25.3 Å². The lowest BCUT2D eigenvalue weighted by atomic mass is 10.1. The maximum absolute atomic E-state index is 12.0. The minimum atomic E-state index is -0.269. The van der Waals surface area contributed by atoms with E-state index >= 15 is 0 Å². The fourth-order valence-corrected chi connectivity index (χ4v) is 2.12. The number of urea groups is 1. The van der Waals surface area contributed by atoms with Crippen LogP contribution in [0.15, 0.2) is 61.2 Å². The van der Waals surface area contributed by atoms with Crippen LogP contribution in [0.1, 0.15) is 18.5 Å². The van der Waals surface area contributed by atoms with Crippen LogP contribution in [-0.4, -0.2) is 26.0 Å². The number of nitrogens with zero attached hydrogens (tertiary/aromatic N) is 4. The quantitative estimate of drug-likeness (QED) is 0.775. The molecule has 116 valence electrons. The Labute approximate surface area is 133 Å². The molecule has 0 saturated heterocycles. The van der Waals surface area contributed by atoms with Crippen LogP contribution < -0.4 is 10.6 Å². The normalized spacial score (nSPS) is 11.7. The Bertz CT molecular complexity index is 755. The summed E-state index contributed by atoms with van der Waals surface area (Å²) in [7, 11) is 0. The molecule has 7 nitrogen and oxygen atoms in total. The molecule has 2 amide bonds. The van der Waals surface area contributed by atoms with E-state index in [0.717, 1.165) is 11.3 Å². The van der Waals surface area contributed by atoms with Gasteiger partial charge in [-0.3, -0.25) is 4.98 Å². The summed E-state index contributed by atoms with van der Waals surface area (Å²) in [5.41, 5.74) is 2.52. The summed E-state index contributed by atoms with van der Waals surface area (Å²) >= 11 is 0. The molecule has 0 aliphatic heterocycles. The smallest absolute Gasteiger partial charge is 0.319 e. The molecule has 0 aliphatic rings. The third-order valence-corrected chi connectivity index (χ3v) is 3.34. The van der Waals surface area contributed by atoms with Gasteiger partial charge in [0.2, 0.25) is 0 Å². The largest absolute Gasteiger partial charge is 0.331 e. The first-order valence-electron chi connectivity index (χ1n) is 7.16. The van der Waals surface area contributed by atoms with Crippen molar-refractivity contribution in [2.75, 3.05) is 5.32 Å². The number of hydrogen-bond acceptors (Lipinski definition) is 4. The zero-order valence-electron chi connectivity index (χ0n) is 12.5. The molecule has 7 heteroatoms. The summed E-state index contributed by atoms with van der Waals surface area (Å²) < 4.78 is 1.65. The summed E-state index contributed by atoms with van der Waals surface area (Å²) in [5, 5.41) is 13.3. The van der Waals surface area contributed by atoms with Crippen LogP contribution >= 0.6 is 0 Å². The molecular weight excluding hydrogens is 292 g/mol. The van der Waals surface area contributed by atoms with Gasteiger partial charge in [0.15, 0.2) is 0 Å². The average molecular weight is 308 g/mol. The van der Waals surface area contributed by atoms with Crippen molar-refractivity contribution in [3.05, 3.63) is 66.7 Å². The van der Waals surface area contributed by atoms with Gasteiger partial charge in [-0.15, -0.1) is 5.10 Å². The van der Waals surface area contributed by atoms with Crippen molar-refractivity contribution in [3.8, 4) is 5.69 Å². The zero-order chi connectivity index (χ0) is 16.1. The van der Waals surface area contributed by atoms with Gasteiger partial charge in [-0.2, -0.15) is 0 Å². The summed E-state index contributed by atoms with van der Waals surface area (Å²) in [5.74, 6) is 0. The van der Waals surface area contributed by atoms with Gasteiger partial charge in [0.25, 0.3) is 0 Å². The SMILES string of the molecule is C[C@@H](NC(=O)Nc1ccc(-n2ccnn2)cc1)c1cccnc1. The number of hydrogen-bond donors (Lipinski definition) is 2. The number of carbonyl (C=O) groups is 1.